The minimum atomic E-state index is -0.492. The molecule has 0 radical (unpaired) electrons. The topological polar surface area (TPSA) is 38.7 Å². The van der Waals surface area contributed by atoms with Gasteiger partial charge >= 0.3 is 0 Å². The summed E-state index contributed by atoms with van der Waals surface area (Å²) in [6.07, 6.45) is 3.09. The quantitative estimate of drug-likeness (QED) is 0.854. The third kappa shape index (κ3) is 3.45. The molecule has 1 N–H and O–H groups in total. The Balaban J connectivity index is 1.85. The van der Waals surface area contributed by atoms with Crippen molar-refractivity contribution < 1.29 is 14.6 Å². The molecule has 1 aliphatic rings. The number of ether oxygens (including phenoxy) is 2. The summed E-state index contributed by atoms with van der Waals surface area (Å²) in [5.41, 5.74) is 0.847. The van der Waals surface area contributed by atoms with Gasteiger partial charge in [0.25, 0.3) is 0 Å². The fourth-order valence-corrected chi connectivity index (χ4v) is 2.13. The number of rotatable bonds is 5. The summed E-state index contributed by atoms with van der Waals surface area (Å²) >= 11 is 0. The third-order valence-corrected chi connectivity index (χ3v) is 3.09. The van der Waals surface area contributed by atoms with Gasteiger partial charge < -0.3 is 14.6 Å². The minimum Gasteiger partial charge on any atom is -0.493 e. The van der Waals surface area contributed by atoms with Crippen LogP contribution in [0.5, 0.6) is 5.75 Å². The fraction of sp³-hybridized carbons (Fsp3) is 0.571. The first-order valence-electron chi connectivity index (χ1n) is 6.29. The predicted molar refractivity (Wildman–Crippen MR) is 66.2 cm³/mol. The van der Waals surface area contributed by atoms with Crippen molar-refractivity contribution in [3.05, 3.63) is 29.8 Å². The molecule has 17 heavy (non-hydrogen) atoms. The molecule has 3 nitrogen and oxygen atoms in total. The van der Waals surface area contributed by atoms with E-state index in [1.807, 2.05) is 24.3 Å². The zero-order valence-corrected chi connectivity index (χ0v) is 10.3. The molecular weight excluding hydrogens is 216 g/mol. The fourth-order valence-electron chi connectivity index (χ4n) is 2.13. The van der Waals surface area contributed by atoms with Crippen LogP contribution in [0.2, 0.25) is 0 Å². The van der Waals surface area contributed by atoms with E-state index < -0.39 is 6.10 Å². The average Bonchev–Trinajstić information content (AvgIpc) is 2.82. The molecule has 0 aliphatic carbocycles. The van der Waals surface area contributed by atoms with E-state index in [4.69, 9.17) is 9.47 Å². The molecule has 1 heterocycles. The summed E-state index contributed by atoms with van der Waals surface area (Å²) in [4.78, 5) is 0. The van der Waals surface area contributed by atoms with Crippen LogP contribution in [0, 0.1) is 0 Å². The molecule has 2 atom stereocenters. The molecule has 0 aromatic heterocycles. The highest BCUT2D eigenvalue weighted by Crippen LogP contribution is 2.25. The van der Waals surface area contributed by atoms with Crippen molar-refractivity contribution in [1.82, 2.24) is 0 Å². The van der Waals surface area contributed by atoms with Crippen molar-refractivity contribution in [2.24, 2.45) is 0 Å². The molecule has 1 unspecified atom stereocenters. The lowest BCUT2D eigenvalue weighted by Crippen LogP contribution is -2.11. The highest BCUT2D eigenvalue weighted by Gasteiger charge is 2.15. The molecule has 1 aliphatic heterocycles. The van der Waals surface area contributed by atoms with E-state index in [9.17, 15) is 5.11 Å². The maximum atomic E-state index is 9.61. The molecule has 1 aromatic rings. The summed E-state index contributed by atoms with van der Waals surface area (Å²) in [6.45, 7) is 3.28. The van der Waals surface area contributed by atoms with Crippen LogP contribution in [0.3, 0.4) is 0 Å². The van der Waals surface area contributed by atoms with E-state index in [-0.39, 0.29) is 0 Å². The average molecular weight is 236 g/mol. The monoisotopic (exact) mass is 236 g/mol. The van der Waals surface area contributed by atoms with Crippen LogP contribution in [-0.2, 0) is 4.74 Å². The number of benzene rings is 1. The first kappa shape index (κ1) is 12.4. The number of para-hydroxylation sites is 1. The number of hydrogen-bond donors (Lipinski definition) is 1. The number of hydrogen-bond acceptors (Lipinski definition) is 3. The molecule has 0 bridgehead atoms. The van der Waals surface area contributed by atoms with Gasteiger partial charge in [-0.05, 0) is 25.8 Å². The second-order valence-electron chi connectivity index (χ2n) is 4.49. The van der Waals surface area contributed by atoms with Crippen LogP contribution in [0.25, 0.3) is 0 Å². The molecule has 1 fully saturated rings. The molecule has 1 aromatic carbocycles. The lowest BCUT2D eigenvalue weighted by Gasteiger charge is -2.14. The van der Waals surface area contributed by atoms with Crippen LogP contribution in [-0.4, -0.2) is 24.4 Å². The van der Waals surface area contributed by atoms with Crippen molar-refractivity contribution >= 4 is 0 Å². The Morgan fingerprint density at radius 2 is 2.29 bits per heavy atom. The van der Waals surface area contributed by atoms with Crippen LogP contribution >= 0.6 is 0 Å². The van der Waals surface area contributed by atoms with E-state index in [2.05, 4.69) is 0 Å². The Morgan fingerprint density at radius 3 is 3.00 bits per heavy atom. The zero-order chi connectivity index (χ0) is 12.1. The Kier molecular flexibility index (Phi) is 4.40. The van der Waals surface area contributed by atoms with Gasteiger partial charge in [0, 0.05) is 18.6 Å². The second kappa shape index (κ2) is 6.03. The Labute approximate surface area is 102 Å². The third-order valence-electron chi connectivity index (χ3n) is 3.09. The first-order chi connectivity index (χ1) is 8.27. The number of aliphatic hydroxyl groups excluding tert-OH is 1. The summed E-state index contributed by atoms with van der Waals surface area (Å²) in [5, 5.41) is 9.61. The number of aliphatic hydroxyl groups is 1. The lowest BCUT2D eigenvalue weighted by atomic mass is 10.1. The molecule has 94 valence electrons. The zero-order valence-electron chi connectivity index (χ0n) is 10.3. The van der Waals surface area contributed by atoms with E-state index in [1.165, 1.54) is 0 Å². The Morgan fingerprint density at radius 1 is 1.47 bits per heavy atom. The maximum absolute atomic E-state index is 9.61. The molecule has 0 spiro atoms. The van der Waals surface area contributed by atoms with Gasteiger partial charge in [-0.1, -0.05) is 18.2 Å². The van der Waals surface area contributed by atoms with Crippen molar-refractivity contribution in [3.63, 3.8) is 0 Å². The van der Waals surface area contributed by atoms with Crippen molar-refractivity contribution in [1.29, 1.82) is 0 Å². The molecule has 0 amide bonds. The van der Waals surface area contributed by atoms with E-state index >= 15 is 0 Å². The molecule has 1 saturated heterocycles. The van der Waals surface area contributed by atoms with Crippen molar-refractivity contribution in [2.45, 2.75) is 38.4 Å². The van der Waals surface area contributed by atoms with E-state index in [1.54, 1.807) is 6.92 Å². The van der Waals surface area contributed by atoms with Crippen molar-refractivity contribution in [3.8, 4) is 5.75 Å². The van der Waals surface area contributed by atoms with Gasteiger partial charge in [0.05, 0.1) is 18.8 Å². The van der Waals surface area contributed by atoms with E-state index in [0.29, 0.717) is 12.7 Å². The standard InChI is InChI=1S/C14H20O3/c1-11(15)13-6-2-3-7-14(13)17-10-8-12-5-4-9-16-12/h2-3,6-7,11-12,15H,4-5,8-10H2,1H3/t11-,12?/m1/s1. The largest absolute Gasteiger partial charge is 0.493 e. The van der Waals surface area contributed by atoms with Gasteiger partial charge in [-0.2, -0.15) is 0 Å². The van der Waals surface area contributed by atoms with Crippen molar-refractivity contribution in [2.75, 3.05) is 13.2 Å². The van der Waals surface area contributed by atoms with Gasteiger partial charge in [0.2, 0.25) is 0 Å². The van der Waals surface area contributed by atoms with Gasteiger partial charge in [-0.3, -0.25) is 0 Å². The molecule has 0 saturated carbocycles. The summed E-state index contributed by atoms with van der Waals surface area (Å²) < 4.78 is 11.3. The molecule has 2 rings (SSSR count). The molecular formula is C14H20O3. The normalized spacial score (nSPS) is 21.4. The predicted octanol–water partition coefficient (Wildman–Crippen LogP) is 2.69. The highest BCUT2D eigenvalue weighted by atomic mass is 16.5. The van der Waals surface area contributed by atoms with Gasteiger partial charge in [-0.25, -0.2) is 0 Å². The van der Waals surface area contributed by atoms with Crippen LogP contribution in [0.4, 0.5) is 0 Å². The van der Waals surface area contributed by atoms with Crippen LogP contribution < -0.4 is 4.74 Å². The second-order valence-corrected chi connectivity index (χ2v) is 4.49. The SMILES string of the molecule is C[C@@H](O)c1ccccc1OCCC1CCCO1. The van der Waals surface area contributed by atoms with Gasteiger partial charge in [0.1, 0.15) is 5.75 Å². The minimum absolute atomic E-state index is 0.355. The van der Waals surface area contributed by atoms with Gasteiger partial charge in [-0.15, -0.1) is 0 Å². The van der Waals surface area contributed by atoms with Gasteiger partial charge in [0.15, 0.2) is 0 Å². The Hall–Kier alpha value is -1.06. The summed E-state index contributed by atoms with van der Waals surface area (Å²) in [7, 11) is 0. The summed E-state index contributed by atoms with van der Waals surface area (Å²) in [5.74, 6) is 0.778. The van der Waals surface area contributed by atoms with Crippen LogP contribution in [0.1, 0.15) is 37.9 Å². The smallest absolute Gasteiger partial charge is 0.125 e. The lowest BCUT2D eigenvalue weighted by molar-refractivity contribution is 0.0896. The first-order valence-corrected chi connectivity index (χ1v) is 6.29. The van der Waals surface area contributed by atoms with Crippen LogP contribution in [0.15, 0.2) is 24.3 Å². The summed E-state index contributed by atoms with van der Waals surface area (Å²) in [6, 6.07) is 7.63. The maximum Gasteiger partial charge on any atom is 0.125 e. The highest BCUT2D eigenvalue weighted by molar-refractivity contribution is 5.34. The molecule has 3 heteroatoms. The van der Waals surface area contributed by atoms with E-state index in [0.717, 1.165) is 37.2 Å². The Bertz CT molecular complexity index is 343.